The van der Waals surface area contributed by atoms with E-state index in [0.717, 1.165) is 17.0 Å². The molecule has 18 heavy (non-hydrogen) atoms. The highest BCUT2D eigenvalue weighted by Crippen LogP contribution is 2.11. The minimum absolute atomic E-state index is 0. The molecular formula is C11H20FIN4O. The first kappa shape index (κ1) is 17.1. The molecule has 7 heteroatoms. The first-order chi connectivity index (χ1) is 8.19. The maximum atomic E-state index is 11.9. The van der Waals surface area contributed by atoms with Gasteiger partial charge in [-0.3, -0.25) is 9.38 Å². The normalized spacial score (nSPS) is 11.0. The lowest BCUT2D eigenvalue weighted by Crippen LogP contribution is -2.37. The van der Waals surface area contributed by atoms with Gasteiger partial charge in [-0.25, -0.2) is 0 Å². The Morgan fingerprint density at radius 2 is 2.11 bits per heavy atom. The lowest BCUT2D eigenvalue weighted by Gasteiger charge is -2.10. The number of aryl methyl sites for hydroxylation is 2. The highest BCUT2D eigenvalue weighted by atomic mass is 127. The number of guanidine groups is 1. The van der Waals surface area contributed by atoms with Crippen molar-refractivity contribution in [3.63, 3.8) is 0 Å². The van der Waals surface area contributed by atoms with Crippen LogP contribution < -0.4 is 10.6 Å². The molecule has 0 aromatic carbocycles. The van der Waals surface area contributed by atoms with E-state index in [1.807, 2.05) is 13.8 Å². The third-order valence-corrected chi connectivity index (χ3v) is 2.44. The highest BCUT2D eigenvalue weighted by Gasteiger charge is 2.08. The van der Waals surface area contributed by atoms with E-state index in [4.69, 9.17) is 4.52 Å². The zero-order chi connectivity index (χ0) is 12.7. The van der Waals surface area contributed by atoms with Gasteiger partial charge in [0.15, 0.2) is 5.96 Å². The zero-order valence-electron chi connectivity index (χ0n) is 10.9. The van der Waals surface area contributed by atoms with Crippen molar-refractivity contribution in [1.82, 2.24) is 15.8 Å². The van der Waals surface area contributed by atoms with Crippen molar-refractivity contribution >= 4 is 29.9 Å². The maximum absolute atomic E-state index is 11.9. The second-order valence-corrected chi connectivity index (χ2v) is 3.70. The van der Waals surface area contributed by atoms with Gasteiger partial charge in [-0.1, -0.05) is 5.16 Å². The fourth-order valence-electron chi connectivity index (χ4n) is 1.42. The molecule has 0 aliphatic heterocycles. The summed E-state index contributed by atoms with van der Waals surface area (Å²) < 4.78 is 17.0. The molecule has 0 spiro atoms. The van der Waals surface area contributed by atoms with Crippen LogP contribution in [0.25, 0.3) is 0 Å². The minimum Gasteiger partial charge on any atom is -0.361 e. The summed E-state index contributed by atoms with van der Waals surface area (Å²) in [6, 6.07) is 0. The van der Waals surface area contributed by atoms with Gasteiger partial charge < -0.3 is 15.2 Å². The summed E-state index contributed by atoms with van der Waals surface area (Å²) in [7, 11) is 1.68. The highest BCUT2D eigenvalue weighted by molar-refractivity contribution is 14.0. The molecule has 0 bridgehead atoms. The van der Waals surface area contributed by atoms with E-state index in [1.54, 1.807) is 7.05 Å². The number of hydrogen-bond donors (Lipinski definition) is 2. The van der Waals surface area contributed by atoms with Crippen molar-refractivity contribution in [3.05, 3.63) is 17.0 Å². The quantitative estimate of drug-likeness (QED) is 0.360. The number of alkyl halides is 1. The minimum atomic E-state index is -0.326. The third kappa shape index (κ3) is 5.19. The van der Waals surface area contributed by atoms with Crippen LogP contribution in [-0.2, 0) is 6.54 Å². The Hall–Kier alpha value is -0.860. The number of aromatic nitrogens is 1. The Balaban J connectivity index is 0.00000289. The molecule has 0 unspecified atom stereocenters. The van der Waals surface area contributed by atoms with Gasteiger partial charge in [0.1, 0.15) is 5.76 Å². The first-order valence-corrected chi connectivity index (χ1v) is 5.61. The van der Waals surface area contributed by atoms with E-state index < -0.39 is 0 Å². The lowest BCUT2D eigenvalue weighted by atomic mass is 10.2. The number of aliphatic imine (C=N–C) groups is 1. The largest absolute Gasteiger partial charge is 0.361 e. The van der Waals surface area contributed by atoms with Gasteiger partial charge in [-0.15, -0.1) is 24.0 Å². The molecule has 0 saturated heterocycles. The zero-order valence-corrected chi connectivity index (χ0v) is 13.2. The van der Waals surface area contributed by atoms with Crippen LogP contribution in [0, 0.1) is 13.8 Å². The van der Waals surface area contributed by atoms with E-state index in [-0.39, 0.29) is 30.7 Å². The van der Waals surface area contributed by atoms with Crippen LogP contribution in [0.3, 0.4) is 0 Å². The van der Waals surface area contributed by atoms with E-state index >= 15 is 0 Å². The summed E-state index contributed by atoms with van der Waals surface area (Å²) in [6.07, 6.45) is 0.478. The van der Waals surface area contributed by atoms with Gasteiger partial charge in [0, 0.05) is 25.7 Å². The average molecular weight is 370 g/mol. The van der Waals surface area contributed by atoms with Crippen LogP contribution in [0.5, 0.6) is 0 Å². The molecule has 2 N–H and O–H groups in total. The van der Waals surface area contributed by atoms with Crippen LogP contribution in [0.4, 0.5) is 4.39 Å². The van der Waals surface area contributed by atoms with Crippen molar-refractivity contribution in [3.8, 4) is 0 Å². The van der Waals surface area contributed by atoms with E-state index in [2.05, 4.69) is 20.8 Å². The van der Waals surface area contributed by atoms with Gasteiger partial charge in [-0.2, -0.15) is 0 Å². The molecule has 1 aromatic heterocycles. The van der Waals surface area contributed by atoms with Crippen LogP contribution in [0.15, 0.2) is 9.52 Å². The van der Waals surface area contributed by atoms with Gasteiger partial charge >= 0.3 is 0 Å². The van der Waals surface area contributed by atoms with Crippen LogP contribution in [0.1, 0.15) is 23.4 Å². The first-order valence-electron chi connectivity index (χ1n) is 5.61. The van der Waals surface area contributed by atoms with E-state index in [1.165, 1.54) is 0 Å². The number of nitrogens with zero attached hydrogens (tertiary/aromatic N) is 2. The molecule has 0 aliphatic rings. The molecule has 104 valence electrons. The van der Waals surface area contributed by atoms with E-state index in [0.29, 0.717) is 25.5 Å². The topological polar surface area (TPSA) is 62.5 Å². The summed E-state index contributed by atoms with van der Waals surface area (Å²) >= 11 is 0. The Bertz CT molecular complexity index is 362. The molecule has 1 rings (SSSR count). The van der Waals surface area contributed by atoms with Gasteiger partial charge in [0.2, 0.25) is 0 Å². The molecule has 0 atom stereocenters. The van der Waals surface area contributed by atoms with Crippen LogP contribution in [0.2, 0.25) is 0 Å². The van der Waals surface area contributed by atoms with Crippen molar-refractivity contribution in [2.75, 3.05) is 20.3 Å². The molecule has 0 fully saturated rings. The lowest BCUT2D eigenvalue weighted by molar-refractivity contribution is 0.392. The molecule has 0 amide bonds. The molecular weight excluding hydrogens is 350 g/mol. The summed E-state index contributed by atoms with van der Waals surface area (Å²) in [4.78, 5) is 4.04. The fraction of sp³-hybridized carbons (Fsp3) is 0.636. The molecule has 0 aliphatic carbocycles. The molecule has 1 heterocycles. The third-order valence-electron chi connectivity index (χ3n) is 2.44. The second-order valence-electron chi connectivity index (χ2n) is 3.70. The fourth-order valence-corrected chi connectivity index (χ4v) is 1.42. The summed E-state index contributed by atoms with van der Waals surface area (Å²) in [6.45, 7) is 4.60. The van der Waals surface area contributed by atoms with Crippen LogP contribution in [-0.4, -0.2) is 31.4 Å². The van der Waals surface area contributed by atoms with Crippen molar-refractivity contribution in [1.29, 1.82) is 0 Å². The van der Waals surface area contributed by atoms with Crippen molar-refractivity contribution < 1.29 is 8.91 Å². The average Bonchev–Trinajstić information content (AvgIpc) is 2.64. The Kier molecular flexibility index (Phi) is 8.69. The monoisotopic (exact) mass is 370 g/mol. The smallest absolute Gasteiger partial charge is 0.191 e. The Morgan fingerprint density at radius 1 is 1.39 bits per heavy atom. The predicted octanol–water partition coefficient (Wildman–Crippen LogP) is 1.93. The standard InChI is InChI=1S/C11H19FN4O.HI/c1-8-10(9(2)17-16-8)7-15-11(13-3)14-6-4-5-12;/h4-7H2,1-3H3,(H2,13,14,15);1H. The number of nitrogens with one attached hydrogen (secondary N) is 2. The molecule has 5 nitrogen and oxygen atoms in total. The van der Waals surface area contributed by atoms with Crippen LogP contribution >= 0.6 is 24.0 Å². The summed E-state index contributed by atoms with van der Waals surface area (Å²) in [5.41, 5.74) is 1.90. The summed E-state index contributed by atoms with van der Waals surface area (Å²) in [5, 5.41) is 10.0. The molecule has 0 radical (unpaired) electrons. The SMILES string of the molecule is CN=C(NCCCF)NCc1c(C)noc1C.I. The van der Waals surface area contributed by atoms with Crippen molar-refractivity contribution in [2.24, 2.45) is 4.99 Å². The number of hydrogen-bond acceptors (Lipinski definition) is 3. The molecule has 0 saturated carbocycles. The van der Waals surface area contributed by atoms with Gasteiger partial charge in [0.25, 0.3) is 0 Å². The maximum Gasteiger partial charge on any atom is 0.191 e. The second kappa shape index (κ2) is 9.12. The Labute approximate surface area is 124 Å². The predicted molar refractivity (Wildman–Crippen MR) is 80.2 cm³/mol. The number of halogens is 2. The Morgan fingerprint density at radius 3 is 2.61 bits per heavy atom. The number of rotatable bonds is 5. The van der Waals surface area contributed by atoms with Gasteiger partial charge in [0.05, 0.1) is 12.4 Å². The van der Waals surface area contributed by atoms with E-state index in [9.17, 15) is 4.39 Å². The molecule has 1 aromatic rings. The van der Waals surface area contributed by atoms with Crippen molar-refractivity contribution in [2.45, 2.75) is 26.8 Å². The van der Waals surface area contributed by atoms with Gasteiger partial charge in [-0.05, 0) is 20.3 Å². The summed E-state index contributed by atoms with van der Waals surface area (Å²) in [5.74, 6) is 1.45.